The molecule has 5 nitrogen and oxygen atoms in total. The van der Waals surface area contributed by atoms with Crippen molar-refractivity contribution in [3.8, 4) is 5.82 Å². The lowest BCUT2D eigenvalue weighted by Gasteiger charge is -2.09. The zero-order chi connectivity index (χ0) is 14.9. The van der Waals surface area contributed by atoms with Crippen molar-refractivity contribution in [1.82, 2.24) is 19.7 Å². The van der Waals surface area contributed by atoms with E-state index in [0.717, 1.165) is 23.5 Å². The third kappa shape index (κ3) is 2.73. The van der Waals surface area contributed by atoms with E-state index in [0.29, 0.717) is 17.8 Å². The summed E-state index contributed by atoms with van der Waals surface area (Å²) in [6, 6.07) is 0. The number of hydrogen-bond donors (Lipinski definition) is 1. The summed E-state index contributed by atoms with van der Waals surface area (Å²) in [6.45, 7) is 3.60. The second-order valence-corrected chi connectivity index (χ2v) is 4.40. The zero-order valence-electron chi connectivity index (χ0n) is 11.1. The number of nitrogen functional groups attached to an aromatic ring is 1. The van der Waals surface area contributed by atoms with Crippen molar-refractivity contribution in [2.24, 2.45) is 0 Å². The predicted octanol–water partition coefficient (Wildman–Crippen LogP) is 2.52. The average Bonchev–Trinajstić information content (AvgIpc) is 2.83. The molecule has 108 valence electrons. The largest absolute Gasteiger partial charge is 0.419 e. The predicted molar refractivity (Wildman–Crippen MR) is 67.3 cm³/mol. The minimum Gasteiger partial charge on any atom is -0.383 e. The van der Waals surface area contributed by atoms with Crippen LogP contribution in [-0.2, 0) is 12.6 Å². The van der Waals surface area contributed by atoms with Crippen LogP contribution in [0, 0.1) is 6.92 Å². The van der Waals surface area contributed by atoms with Gasteiger partial charge in [0, 0.05) is 18.2 Å². The van der Waals surface area contributed by atoms with Crippen LogP contribution in [0.3, 0.4) is 0 Å². The van der Waals surface area contributed by atoms with Crippen LogP contribution in [0.5, 0.6) is 0 Å². The summed E-state index contributed by atoms with van der Waals surface area (Å²) in [5.74, 6) is 1.02. The molecule has 2 rings (SSSR count). The highest BCUT2D eigenvalue weighted by Crippen LogP contribution is 2.29. The molecule has 0 aliphatic heterocycles. The maximum atomic E-state index is 12.6. The molecule has 2 N–H and O–H groups in total. The maximum absolute atomic E-state index is 12.6. The SMILES string of the molecule is CCCc1nc(N)c(C)c(-n2cc(C(F)(F)F)cn2)n1. The Labute approximate surface area is 113 Å². The standard InChI is InChI=1S/C12H14F3N5/c1-3-4-9-18-10(16)7(2)11(19-9)20-6-8(5-17-20)12(13,14)15/h5-6H,3-4H2,1-2H3,(H2,16,18,19). The lowest BCUT2D eigenvalue weighted by atomic mass is 10.2. The number of rotatable bonds is 3. The van der Waals surface area contributed by atoms with Gasteiger partial charge in [0.05, 0.1) is 11.8 Å². The van der Waals surface area contributed by atoms with Gasteiger partial charge in [0.2, 0.25) is 0 Å². The van der Waals surface area contributed by atoms with Gasteiger partial charge in [-0.3, -0.25) is 0 Å². The van der Waals surface area contributed by atoms with E-state index in [1.807, 2.05) is 6.92 Å². The Morgan fingerprint density at radius 3 is 2.55 bits per heavy atom. The summed E-state index contributed by atoms with van der Waals surface area (Å²) in [6.07, 6.45) is -1.36. The molecule has 2 heterocycles. The Bertz CT molecular complexity index is 618. The van der Waals surface area contributed by atoms with Crippen molar-refractivity contribution in [1.29, 1.82) is 0 Å². The second-order valence-electron chi connectivity index (χ2n) is 4.40. The number of hydrogen-bond acceptors (Lipinski definition) is 4. The number of halogens is 3. The molecule has 0 aliphatic carbocycles. The third-order valence-electron chi connectivity index (χ3n) is 2.80. The average molecular weight is 285 g/mol. The summed E-state index contributed by atoms with van der Waals surface area (Å²) in [5.41, 5.74) is 5.44. The van der Waals surface area contributed by atoms with E-state index in [4.69, 9.17) is 5.73 Å². The van der Waals surface area contributed by atoms with Crippen LogP contribution in [-0.4, -0.2) is 19.7 Å². The highest BCUT2D eigenvalue weighted by molar-refractivity contribution is 5.48. The second kappa shape index (κ2) is 5.10. The maximum Gasteiger partial charge on any atom is 0.419 e. The zero-order valence-corrected chi connectivity index (χ0v) is 11.1. The fourth-order valence-corrected chi connectivity index (χ4v) is 1.71. The van der Waals surface area contributed by atoms with E-state index >= 15 is 0 Å². The lowest BCUT2D eigenvalue weighted by molar-refractivity contribution is -0.137. The number of aromatic nitrogens is 4. The van der Waals surface area contributed by atoms with Crippen molar-refractivity contribution in [3.05, 3.63) is 29.3 Å². The molecule has 0 atom stereocenters. The molecule has 20 heavy (non-hydrogen) atoms. The van der Waals surface area contributed by atoms with Crippen molar-refractivity contribution in [2.45, 2.75) is 32.9 Å². The molecule has 0 saturated heterocycles. The highest BCUT2D eigenvalue weighted by Gasteiger charge is 2.32. The summed E-state index contributed by atoms with van der Waals surface area (Å²) in [4.78, 5) is 8.34. The van der Waals surface area contributed by atoms with Gasteiger partial charge in [-0.1, -0.05) is 6.92 Å². The fraction of sp³-hybridized carbons (Fsp3) is 0.417. The highest BCUT2D eigenvalue weighted by atomic mass is 19.4. The van der Waals surface area contributed by atoms with Crippen LogP contribution in [0.25, 0.3) is 5.82 Å². The minimum absolute atomic E-state index is 0.252. The van der Waals surface area contributed by atoms with Gasteiger partial charge in [0.15, 0.2) is 5.82 Å². The van der Waals surface area contributed by atoms with Crippen LogP contribution >= 0.6 is 0 Å². The van der Waals surface area contributed by atoms with Crippen LogP contribution in [0.4, 0.5) is 19.0 Å². The van der Waals surface area contributed by atoms with Crippen molar-refractivity contribution in [3.63, 3.8) is 0 Å². The van der Waals surface area contributed by atoms with Gasteiger partial charge in [-0.05, 0) is 13.3 Å². The van der Waals surface area contributed by atoms with Crippen LogP contribution in [0.15, 0.2) is 12.4 Å². The molecule has 0 unspecified atom stereocenters. The molecule has 0 aliphatic rings. The molecule has 0 spiro atoms. The molecule has 0 radical (unpaired) electrons. The van der Waals surface area contributed by atoms with E-state index in [-0.39, 0.29) is 11.6 Å². The number of alkyl halides is 3. The number of anilines is 1. The van der Waals surface area contributed by atoms with Gasteiger partial charge in [-0.25, -0.2) is 14.6 Å². The van der Waals surface area contributed by atoms with E-state index in [2.05, 4.69) is 15.1 Å². The summed E-state index contributed by atoms with van der Waals surface area (Å²) >= 11 is 0. The molecule has 8 heteroatoms. The molecular weight excluding hydrogens is 271 g/mol. The van der Waals surface area contributed by atoms with E-state index in [9.17, 15) is 13.2 Å². The molecule has 2 aromatic heterocycles. The lowest BCUT2D eigenvalue weighted by Crippen LogP contribution is -2.10. The van der Waals surface area contributed by atoms with Crippen molar-refractivity contribution < 1.29 is 13.2 Å². The topological polar surface area (TPSA) is 69.6 Å². The van der Waals surface area contributed by atoms with Gasteiger partial charge >= 0.3 is 6.18 Å². The first-order chi connectivity index (χ1) is 9.32. The minimum atomic E-state index is -4.43. The molecule has 2 aromatic rings. The Morgan fingerprint density at radius 1 is 1.30 bits per heavy atom. The van der Waals surface area contributed by atoms with Crippen LogP contribution in [0.2, 0.25) is 0 Å². The van der Waals surface area contributed by atoms with Crippen molar-refractivity contribution in [2.75, 3.05) is 5.73 Å². The van der Waals surface area contributed by atoms with Crippen molar-refractivity contribution >= 4 is 5.82 Å². The normalized spacial score (nSPS) is 11.8. The monoisotopic (exact) mass is 285 g/mol. The third-order valence-corrected chi connectivity index (χ3v) is 2.80. The number of aryl methyl sites for hydroxylation is 1. The fourth-order valence-electron chi connectivity index (χ4n) is 1.71. The van der Waals surface area contributed by atoms with Gasteiger partial charge in [0.1, 0.15) is 11.6 Å². The summed E-state index contributed by atoms with van der Waals surface area (Å²) < 4.78 is 38.8. The Hall–Kier alpha value is -2.12. The number of nitrogens with zero attached hydrogens (tertiary/aromatic N) is 4. The summed E-state index contributed by atoms with van der Waals surface area (Å²) in [7, 11) is 0. The van der Waals surface area contributed by atoms with Crippen LogP contribution < -0.4 is 5.73 Å². The molecule has 0 aromatic carbocycles. The quantitative estimate of drug-likeness (QED) is 0.940. The first-order valence-electron chi connectivity index (χ1n) is 6.08. The van der Waals surface area contributed by atoms with Gasteiger partial charge < -0.3 is 5.73 Å². The Morgan fingerprint density at radius 2 is 2.00 bits per heavy atom. The van der Waals surface area contributed by atoms with Gasteiger partial charge in [-0.2, -0.15) is 18.3 Å². The van der Waals surface area contributed by atoms with E-state index in [1.54, 1.807) is 6.92 Å². The Kier molecular flexibility index (Phi) is 3.65. The van der Waals surface area contributed by atoms with E-state index < -0.39 is 11.7 Å². The molecule has 0 fully saturated rings. The van der Waals surface area contributed by atoms with Gasteiger partial charge in [0.25, 0.3) is 0 Å². The summed E-state index contributed by atoms with van der Waals surface area (Å²) in [5, 5.41) is 3.71. The van der Waals surface area contributed by atoms with Crippen LogP contribution in [0.1, 0.15) is 30.3 Å². The molecule has 0 bridgehead atoms. The molecular formula is C12H14F3N5. The van der Waals surface area contributed by atoms with Gasteiger partial charge in [-0.15, -0.1) is 0 Å². The van der Waals surface area contributed by atoms with E-state index in [1.165, 1.54) is 0 Å². The molecule has 0 saturated carbocycles. The first kappa shape index (κ1) is 14.3. The smallest absolute Gasteiger partial charge is 0.383 e. The molecule has 0 amide bonds. The first-order valence-corrected chi connectivity index (χ1v) is 6.08. The Balaban J connectivity index is 2.49. The number of nitrogens with two attached hydrogens (primary N) is 1.